The summed E-state index contributed by atoms with van der Waals surface area (Å²) in [5.74, 6) is -0.727. The monoisotopic (exact) mass is 359 g/mol. The van der Waals surface area contributed by atoms with Gasteiger partial charge < -0.3 is 4.42 Å². The normalized spacial score (nSPS) is 10.5. The van der Waals surface area contributed by atoms with Gasteiger partial charge in [-0.25, -0.2) is 9.37 Å². The summed E-state index contributed by atoms with van der Waals surface area (Å²) in [5, 5.41) is 0.588. The van der Waals surface area contributed by atoms with E-state index in [-0.39, 0.29) is 17.9 Å². The van der Waals surface area contributed by atoms with Crippen LogP contribution in [0.4, 0.5) is 4.39 Å². The van der Waals surface area contributed by atoms with Crippen LogP contribution in [0.2, 0.25) is 0 Å². The first-order valence-corrected chi connectivity index (χ1v) is 8.19. The summed E-state index contributed by atoms with van der Waals surface area (Å²) in [5.41, 5.74) is 5.51. The van der Waals surface area contributed by atoms with Gasteiger partial charge in [-0.3, -0.25) is 20.4 Å². The van der Waals surface area contributed by atoms with E-state index < -0.39 is 11.8 Å². The molecule has 3 aromatic rings. The van der Waals surface area contributed by atoms with Crippen LogP contribution >= 0.6 is 11.3 Å². The molecule has 0 spiro atoms. The Balaban J connectivity index is 1.59. The first kappa shape index (κ1) is 16.8. The maximum Gasteiger partial charge on any atom is 0.289 e. The fourth-order valence-corrected chi connectivity index (χ4v) is 3.01. The van der Waals surface area contributed by atoms with E-state index in [2.05, 4.69) is 15.8 Å². The van der Waals surface area contributed by atoms with Crippen LogP contribution in [-0.2, 0) is 11.2 Å². The zero-order chi connectivity index (χ0) is 17.8. The number of aryl methyl sites for hydroxylation is 1. The van der Waals surface area contributed by atoms with Crippen LogP contribution < -0.4 is 10.9 Å². The first-order chi connectivity index (χ1) is 12.0. The van der Waals surface area contributed by atoms with Crippen molar-refractivity contribution in [2.45, 2.75) is 13.3 Å². The largest absolute Gasteiger partial charge is 0.462 e. The third kappa shape index (κ3) is 4.10. The molecule has 8 heteroatoms. The van der Waals surface area contributed by atoms with Crippen LogP contribution in [0.1, 0.15) is 20.9 Å². The van der Waals surface area contributed by atoms with Crippen LogP contribution in [0.3, 0.4) is 0 Å². The van der Waals surface area contributed by atoms with Gasteiger partial charge in [-0.1, -0.05) is 12.1 Å². The van der Waals surface area contributed by atoms with E-state index in [1.807, 2.05) is 0 Å². The summed E-state index contributed by atoms with van der Waals surface area (Å²) in [6, 6.07) is 9.06. The lowest BCUT2D eigenvalue weighted by atomic mass is 10.1. The van der Waals surface area contributed by atoms with Crippen LogP contribution in [0.15, 0.2) is 47.1 Å². The Morgan fingerprint density at radius 1 is 1.20 bits per heavy atom. The van der Waals surface area contributed by atoms with Gasteiger partial charge in [0.25, 0.3) is 5.91 Å². The van der Waals surface area contributed by atoms with Gasteiger partial charge in [-0.15, -0.1) is 11.3 Å². The average Bonchev–Trinajstić information content (AvgIpc) is 3.24. The highest BCUT2D eigenvalue weighted by molar-refractivity contribution is 7.15. The van der Waals surface area contributed by atoms with Gasteiger partial charge in [0, 0.05) is 4.88 Å². The quantitative estimate of drug-likeness (QED) is 0.702. The summed E-state index contributed by atoms with van der Waals surface area (Å²) >= 11 is 1.32. The molecule has 0 aliphatic heterocycles. The van der Waals surface area contributed by atoms with Crippen molar-refractivity contribution < 1.29 is 18.4 Å². The lowest BCUT2D eigenvalue weighted by Crippen LogP contribution is -2.42. The Labute approximate surface area is 146 Å². The Hall–Kier alpha value is -3.00. The number of halogens is 1. The van der Waals surface area contributed by atoms with Crippen molar-refractivity contribution in [2.75, 3.05) is 0 Å². The molecule has 0 aliphatic rings. The molecule has 0 bridgehead atoms. The molecule has 0 unspecified atom stereocenters. The van der Waals surface area contributed by atoms with Crippen LogP contribution in [0.25, 0.3) is 10.8 Å². The maximum atomic E-state index is 12.8. The highest BCUT2D eigenvalue weighted by atomic mass is 32.1. The molecule has 0 fully saturated rings. The Kier molecular flexibility index (Phi) is 4.90. The Morgan fingerprint density at radius 3 is 2.64 bits per heavy atom. The minimum absolute atomic E-state index is 0.0221. The molecule has 0 saturated carbocycles. The van der Waals surface area contributed by atoms with Crippen molar-refractivity contribution in [1.29, 1.82) is 0 Å². The molecule has 0 atom stereocenters. The number of aromatic nitrogens is 1. The Morgan fingerprint density at radius 2 is 1.96 bits per heavy atom. The van der Waals surface area contributed by atoms with E-state index in [0.717, 1.165) is 0 Å². The average molecular weight is 359 g/mol. The molecule has 128 valence electrons. The van der Waals surface area contributed by atoms with Crippen molar-refractivity contribution in [1.82, 2.24) is 15.8 Å². The van der Waals surface area contributed by atoms with Crippen LogP contribution in [-0.4, -0.2) is 16.8 Å². The van der Waals surface area contributed by atoms with Gasteiger partial charge in [-0.2, -0.15) is 0 Å². The lowest BCUT2D eigenvalue weighted by Gasteiger charge is -2.06. The standard InChI is InChI=1S/C17H14FN3O3S/c1-10-15(19-17(25-10)13-3-2-8-24-13)16(23)21-20-14(22)9-11-4-6-12(18)7-5-11/h2-8H,9H2,1H3,(H,20,22)(H,21,23). The second-order valence-corrected chi connectivity index (χ2v) is 6.41. The third-order valence-corrected chi connectivity index (χ3v) is 4.32. The number of furan rings is 1. The van der Waals surface area contributed by atoms with Gasteiger partial charge in [0.15, 0.2) is 10.8 Å². The van der Waals surface area contributed by atoms with Gasteiger partial charge in [0.1, 0.15) is 11.5 Å². The minimum atomic E-state index is -0.515. The van der Waals surface area contributed by atoms with Crippen LogP contribution in [0, 0.1) is 12.7 Å². The van der Waals surface area contributed by atoms with E-state index in [1.165, 1.54) is 41.9 Å². The number of nitrogens with one attached hydrogen (secondary N) is 2. The molecule has 3 rings (SSSR count). The fraction of sp³-hybridized carbons (Fsp3) is 0.118. The summed E-state index contributed by atoms with van der Waals surface area (Å²) in [7, 11) is 0. The topological polar surface area (TPSA) is 84.2 Å². The molecule has 2 N–H and O–H groups in total. The summed E-state index contributed by atoms with van der Waals surface area (Å²) < 4.78 is 18.1. The second-order valence-electron chi connectivity index (χ2n) is 5.21. The highest BCUT2D eigenvalue weighted by Crippen LogP contribution is 2.27. The van der Waals surface area contributed by atoms with E-state index >= 15 is 0 Å². The van der Waals surface area contributed by atoms with Crippen molar-refractivity contribution >= 4 is 23.2 Å². The van der Waals surface area contributed by atoms with Crippen molar-refractivity contribution in [3.05, 3.63) is 64.6 Å². The van der Waals surface area contributed by atoms with Gasteiger partial charge in [0.05, 0.1) is 12.7 Å². The Bertz CT molecular complexity index is 889. The van der Waals surface area contributed by atoms with Crippen molar-refractivity contribution in [3.63, 3.8) is 0 Å². The number of benzene rings is 1. The predicted molar refractivity (Wildman–Crippen MR) is 90.3 cm³/mol. The molecule has 25 heavy (non-hydrogen) atoms. The van der Waals surface area contributed by atoms with Gasteiger partial charge >= 0.3 is 0 Å². The molecule has 6 nitrogen and oxygen atoms in total. The number of nitrogens with zero attached hydrogens (tertiary/aromatic N) is 1. The number of hydrogen-bond acceptors (Lipinski definition) is 5. The predicted octanol–water partition coefficient (Wildman–Crippen LogP) is 2.85. The van der Waals surface area contributed by atoms with Crippen molar-refractivity contribution in [2.24, 2.45) is 0 Å². The number of rotatable bonds is 4. The third-order valence-electron chi connectivity index (χ3n) is 3.34. The highest BCUT2D eigenvalue weighted by Gasteiger charge is 2.18. The first-order valence-electron chi connectivity index (χ1n) is 7.38. The smallest absolute Gasteiger partial charge is 0.289 e. The van der Waals surface area contributed by atoms with Gasteiger partial charge in [0.2, 0.25) is 5.91 Å². The summed E-state index contributed by atoms with van der Waals surface area (Å²) in [6.45, 7) is 1.76. The number of thiazole rings is 1. The number of amides is 2. The van der Waals surface area contributed by atoms with Crippen LogP contribution in [0.5, 0.6) is 0 Å². The molecular weight excluding hydrogens is 345 g/mol. The zero-order valence-corrected chi connectivity index (χ0v) is 14.0. The molecule has 1 aromatic carbocycles. The van der Waals surface area contributed by atoms with E-state index in [4.69, 9.17) is 4.42 Å². The summed E-state index contributed by atoms with van der Waals surface area (Å²) in [4.78, 5) is 29.0. The number of hydrazine groups is 1. The maximum absolute atomic E-state index is 12.8. The van der Waals surface area contributed by atoms with E-state index in [0.29, 0.717) is 21.2 Å². The number of hydrogen-bond donors (Lipinski definition) is 2. The zero-order valence-electron chi connectivity index (χ0n) is 13.2. The SMILES string of the molecule is Cc1sc(-c2ccco2)nc1C(=O)NNC(=O)Cc1ccc(F)cc1. The number of carbonyl (C=O) groups excluding carboxylic acids is 2. The minimum Gasteiger partial charge on any atom is -0.462 e. The van der Waals surface area contributed by atoms with Crippen molar-refractivity contribution in [3.8, 4) is 10.8 Å². The molecule has 2 amide bonds. The second kappa shape index (κ2) is 7.27. The molecule has 0 saturated heterocycles. The molecule has 2 aromatic heterocycles. The summed E-state index contributed by atoms with van der Waals surface area (Å²) in [6.07, 6.45) is 1.55. The fourth-order valence-electron chi connectivity index (χ4n) is 2.13. The van der Waals surface area contributed by atoms with E-state index in [1.54, 1.807) is 19.1 Å². The van der Waals surface area contributed by atoms with Gasteiger partial charge in [-0.05, 0) is 36.8 Å². The molecule has 0 aliphatic carbocycles. The molecule has 2 heterocycles. The molecule has 0 radical (unpaired) electrons. The number of carbonyl (C=O) groups is 2. The van der Waals surface area contributed by atoms with E-state index in [9.17, 15) is 14.0 Å². The lowest BCUT2D eigenvalue weighted by molar-refractivity contribution is -0.121. The molecular formula is C17H14FN3O3S.